The number of aromatic nitrogens is 3. The number of anilines is 2. The molecule has 0 N–H and O–H groups in total. The number of imidazole rings is 2. The van der Waals surface area contributed by atoms with Crippen LogP contribution in [0.4, 0.5) is 17.1 Å². The highest BCUT2D eigenvalue weighted by molar-refractivity contribution is 5.99. The van der Waals surface area contributed by atoms with Crippen LogP contribution in [0, 0.1) is 6.92 Å². The van der Waals surface area contributed by atoms with Gasteiger partial charge >= 0.3 is 0 Å². The molecule has 0 aliphatic carbocycles. The Kier molecular flexibility index (Phi) is 5.26. The molecule has 0 fully saturated rings. The van der Waals surface area contributed by atoms with Crippen molar-refractivity contribution in [2.75, 3.05) is 4.90 Å². The van der Waals surface area contributed by atoms with E-state index in [4.69, 9.17) is 9.98 Å². The summed E-state index contributed by atoms with van der Waals surface area (Å²) in [5, 5.41) is 0. The summed E-state index contributed by atoms with van der Waals surface area (Å²) in [4.78, 5) is 12.3. The summed E-state index contributed by atoms with van der Waals surface area (Å²) in [5.74, 6) is 0.869. The molecule has 7 rings (SSSR count). The molecule has 0 aliphatic heterocycles. The van der Waals surface area contributed by atoms with Crippen molar-refractivity contribution >= 4 is 51.2 Å². The minimum Gasteiger partial charge on any atom is -0.301 e. The molecule has 2 aromatic heterocycles. The van der Waals surface area contributed by atoms with Crippen LogP contribution in [0.15, 0.2) is 132 Å². The van der Waals surface area contributed by atoms with Gasteiger partial charge in [0.25, 0.3) is 0 Å². The normalized spacial score (nSPS) is 11.7. The van der Waals surface area contributed by atoms with Gasteiger partial charge in [0.15, 0.2) is 0 Å². The van der Waals surface area contributed by atoms with Crippen molar-refractivity contribution in [3.8, 4) is 5.69 Å². The van der Waals surface area contributed by atoms with Crippen molar-refractivity contribution in [1.29, 1.82) is 0 Å². The maximum atomic E-state index is 5.16. The molecule has 0 saturated carbocycles. The average Bonchev–Trinajstić information content (AvgIpc) is 3.50. The van der Waals surface area contributed by atoms with Gasteiger partial charge in [0, 0.05) is 17.1 Å². The zero-order valence-corrected chi connectivity index (χ0v) is 20.9. The van der Waals surface area contributed by atoms with Crippen molar-refractivity contribution in [1.82, 2.24) is 14.0 Å². The predicted molar refractivity (Wildman–Crippen MR) is 157 cm³/mol. The lowest BCUT2D eigenvalue weighted by molar-refractivity contribution is 1.11. The summed E-state index contributed by atoms with van der Waals surface area (Å²) in [6, 6.07) is 43.7. The molecule has 5 nitrogen and oxygen atoms in total. The van der Waals surface area contributed by atoms with Crippen molar-refractivity contribution in [2.45, 2.75) is 6.92 Å². The first-order valence-corrected chi connectivity index (χ1v) is 12.7. The summed E-state index contributed by atoms with van der Waals surface area (Å²) in [5.41, 5.74) is 9.35. The summed E-state index contributed by atoms with van der Waals surface area (Å²) >= 11 is 0. The zero-order valence-electron chi connectivity index (χ0n) is 20.9. The van der Waals surface area contributed by atoms with Gasteiger partial charge in [0.05, 0.1) is 22.2 Å². The van der Waals surface area contributed by atoms with E-state index in [-0.39, 0.29) is 0 Å². The minimum absolute atomic E-state index is 0.824. The lowest BCUT2D eigenvalue weighted by atomic mass is 10.1. The number of aryl methyl sites for hydroxylation is 1. The number of nitrogens with zero attached hydrogens (tertiary/aromatic N) is 5. The Morgan fingerprint density at radius 2 is 1.32 bits per heavy atom. The molecule has 0 amide bonds. The van der Waals surface area contributed by atoms with Crippen LogP contribution in [0.3, 0.4) is 0 Å². The predicted octanol–water partition coefficient (Wildman–Crippen LogP) is 8.24. The fourth-order valence-corrected chi connectivity index (χ4v) is 5.16. The smallest absolute Gasteiger partial charge is 0.220 e. The summed E-state index contributed by atoms with van der Waals surface area (Å²) in [7, 11) is 0. The van der Waals surface area contributed by atoms with Crippen LogP contribution < -0.4 is 4.90 Å². The molecule has 38 heavy (non-hydrogen) atoms. The van der Waals surface area contributed by atoms with Gasteiger partial charge in [-0.1, -0.05) is 72.8 Å². The average molecular weight is 492 g/mol. The Morgan fingerprint density at radius 1 is 0.658 bits per heavy atom. The molecular weight excluding hydrogens is 466 g/mol. The molecule has 7 aromatic rings. The van der Waals surface area contributed by atoms with Gasteiger partial charge in [-0.2, -0.15) is 0 Å². The molecule has 0 unspecified atom stereocenters. The molecule has 182 valence electrons. The molecule has 0 aliphatic rings. The van der Waals surface area contributed by atoms with Crippen molar-refractivity contribution in [3.63, 3.8) is 0 Å². The van der Waals surface area contributed by atoms with E-state index >= 15 is 0 Å². The second-order valence-corrected chi connectivity index (χ2v) is 9.29. The molecule has 0 spiro atoms. The third kappa shape index (κ3) is 3.56. The van der Waals surface area contributed by atoms with Gasteiger partial charge in [0.1, 0.15) is 11.9 Å². The van der Waals surface area contributed by atoms with Crippen LogP contribution in [0.1, 0.15) is 5.56 Å². The molecule has 5 heteroatoms. The van der Waals surface area contributed by atoms with Crippen molar-refractivity contribution in [2.24, 2.45) is 4.99 Å². The number of hydrogen-bond acceptors (Lipinski definition) is 2. The second-order valence-electron chi connectivity index (χ2n) is 9.29. The largest absolute Gasteiger partial charge is 0.301 e. The molecule has 2 heterocycles. The van der Waals surface area contributed by atoms with Crippen molar-refractivity contribution < 1.29 is 0 Å². The van der Waals surface area contributed by atoms with Crippen LogP contribution >= 0.6 is 0 Å². The number of benzene rings is 5. The number of fused-ring (bicyclic) bond motifs is 5. The SMILES string of the molecule is Cc1ccccc1N(C=Nc1cccc2c1nc1n(-c3ccccc3)c3ccccc3n21)c1ccccc1. The van der Waals surface area contributed by atoms with Gasteiger partial charge in [0.2, 0.25) is 5.78 Å². The molecular formula is C33H25N5. The van der Waals surface area contributed by atoms with Gasteiger partial charge in [-0.15, -0.1) is 0 Å². The van der Waals surface area contributed by atoms with E-state index in [1.807, 2.05) is 36.7 Å². The highest BCUT2D eigenvalue weighted by atomic mass is 15.2. The fourth-order valence-electron chi connectivity index (χ4n) is 5.16. The van der Waals surface area contributed by atoms with Crippen LogP contribution in [0.5, 0.6) is 0 Å². The molecule has 0 radical (unpaired) electrons. The summed E-state index contributed by atoms with van der Waals surface area (Å²) in [6.45, 7) is 2.12. The van der Waals surface area contributed by atoms with Crippen LogP contribution in [0.2, 0.25) is 0 Å². The Labute approximate surface area is 220 Å². The first-order valence-electron chi connectivity index (χ1n) is 12.7. The Bertz CT molecular complexity index is 1930. The highest BCUT2D eigenvalue weighted by Gasteiger charge is 2.18. The Hall–Kier alpha value is -5.16. The first kappa shape index (κ1) is 22.1. The van der Waals surface area contributed by atoms with E-state index in [0.717, 1.165) is 50.6 Å². The van der Waals surface area contributed by atoms with Gasteiger partial charge in [-0.05, 0) is 67.1 Å². The summed E-state index contributed by atoms with van der Waals surface area (Å²) in [6.07, 6.45) is 1.90. The number of rotatable bonds is 5. The summed E-state index contributed by atoms with van der Waals surface area (Å²) < 4.78 is 4.44. The molecule has 0 bridgehead atoms. The zero-order chi connectivity index (χ0) is 25.5. The quantitative estimate of drug-likeness (QED) is 0.180. The Balaban J connectivity index is 1.43. The lowest BCUT2D eigenvalue weighted by Gasteiger charge is -2.21. The van der Waals surface area contributed by atoms with E-state index in [1.165, 1.54) is 5.56 Å². The topological polar surface area (TPSA) is 37.8 Å². The first-order chi connectivity index (χ1) is 18.8. The van der Waals surface area contributed by atoms with Gasteiger partial charge < -0.3 is 4.90 Å². The highest BCUT2D eigenvalue weighted by Crippen LogP contribution is 2.33. The van der Waals surface area contributed by atoms with Crippen LogP contribution in [-0.4, -0.2) is 20.3 Å². The van der Waals surface area contributed by atoms with Gasteiger partial charge in [-0.3, -0.25) is 8.97 Å². The van der Waals surface area contributed by atoms with E-state index in [1.54, 1.807) is 0 Å². The molecule has 0 atom stereocenters. The van der Waals surface area contributed by atoms with E-state index in [9.17, 15) is 0 Å². The maximum absolute atomic E-state index is 5.16. The molecule has 5 aromatic carbocycles. The minimum atomic E-state index is 0.824. The van der Waals surface area contributed by atoms with Gasteiger partial charge in [-0.25, -0.2) is 9.98 Å². The third-order valence-corrected chi connectivity index (χ3v) is 6.95. The van der Waals surface area contributed by atoms with Crippen molar-refractivity contribution in [3.05, 3.63) is 133 Å². The number of hydrogen-bond donors (Lipinski definition) is 0. The van der Waals surface area contributed by atoms with E-state index < -0.39 is 0 Å². The fraction of sp³-hybridized carbons (Fsp3) is 0.0303. The second kappa shape index (κ2) is 9.05. The number of aliphatic imine (C=N–C) groups is 1. The standard InChI is InChI=1S/C33H25N5/c1-24-13-8-9-19-28(24)36(25-14-4-2-5-15-25)23-34-27-18-12-22-31-32(27)35-33-37(26-16-6-3-7-17-26)29-20-10-11-21-30(29)38(31)33/h2-23H,1H3. The monoisotopic (exact) mass is 491 g/mol. The lowest BCUT2D eigenvalue weighted by Crippen LogP contribution is -2.15. The van der Waals surface area contributed by atoms with Crippen LogP contribution in [-0.2, 0) is 0 Å². The maximum Gasteiger partial charge on any atom is 0.220 e. The van der Waals surface area contributed by atoms with E-state index in [0.29, 0.717) is 0 Å². The van der Waals surface area contributed by atoms with Crippen LogP contribution in [0.25, 0.3) is 33.5 Å². The Morgan fingerprint density at radius 3 is 2.11 bits per heavy atom. The molecule has 0 saturated heterocycles. The number of para-hydroxylation sites is 6. The third-order valence-electron chi connectivity index (χ3n) is 6.95. The van der Waals surface area contributed by atoms with E-state index in [2.05, 4.69) is 118 Å².